The average molecular weight is 256 g/mol. The molecular weight excluding hydrogens is 240 g/mol. The molecule has 0 aromatic heterocycles. The summed E-state index contributed by atoms with van der Waals surface area (Å²) in [5.74, 6) is 0.691. The van der Waals surface area contributed by atoms with Crippen LogP contribution in [0, 0.1) is 0 Å². The lowest BCUT2D eigenvalue weighted by Gasteiger charge is -2.03. The second-order valence-corrected chi connectivity index (χ2v) is 5.13. The van der Waals surface area contributed by atoms with Crippen LogP contribution >= 0.6 is 11.8 Å². The minimum absolute atomic E-state index is 0.194. The number of ketones is 1. The van der Waals surface area contributed by atoms with E-state index >= 15 is 0 Å². The summed E-state index contributed by atoms with van der Waals surface area (Å²) < 4.78 is 0. The molecule has 0 aliphatic carbocycles. The van der Waals surface area contributed by atoms with Gasteiger partial charge in [0.25, 0.3) is 0 Å². The SMILES string of the molecule is CCc1cccc(C(=O)CSc2ccccc2)c1. The molecule has 2 aromatic carbocycles. The number of carbonyl (C=O) groups is 1. The number of hydrogen-bond acceptors (Lipinski definition) is 2. The maximum absolute atomic E-state index is 12.1. The molecule has 0 aliphatic heterocycles. The molecule has 0 amide bonds. The minimum atomic E-state index is 0.194. The molecule has 0 radical (unpaired) electrons. The van der Waals surface area contributed by atoms with Crippen LogP contribution in [0.15, 0.2) is 59.5 Å². The Kier molecular flexibility index (Phi) is 4.59. The number of carbonyl (C=O) groups excluding carboxylic acids is 1. The number of thioether (sulfide) groups is 1. The van der Waals surface area contributed by atoms with Crippen molar-refractivity contribution in [2.45, 2.75) is 18.2 Å². The zero-order chi connectivity index (χ0) is 12.8. The fraction of sp³-hybridized carbons (Fsp3) is 0.188. The molecule has 18 heavy (non-hydrogen) atoms. The van der Waals surface area contributed by atoms with Crippen molar-refractivity contribution in [1.29, 1.82) is 0 Å². The van der Waals surface area contributed by atoms with Crippen LogP contribution < -0.4 is 0 Å². The number of benzene rings is 2. The van der Waals surface area contributed by atoms with Crippen LogP contribution in [0.5, 0.6) is 0 Å². The van der Waals surface area contributed by atoms with E-state index in [2.05, 4.69) is 13.0 Å². The molecule has 92 valence electrons. The summed E-state index contributed by atoms with van der Waals surface area (Å²) in [4.78, 5) is 13.2. The lowest BCUT2D eigenvalue weighted by molar-refractivity contribution is 0.102. The average Bonchev–Trinajstić information content (AvgIpc) is 2.46. The normalized spacial score (nSPS) is 10.3. The monoisotopic (exact) mass is 256 g/mol. The van der Waals surface area contributed by atoms with E-state index in [1.807, 2.05) is 48.5 Å². The Morgan fingerprint density at radius 3 is 2.56 bits per heavy atom. The lowest BCUT2D eigenvalue weighted by Crippen LogP contribution is -2.02. The van der Waals surface area contributed by atoms with Crippen molar-refractivity contribution in [2.24, 2.45) is 0 Å². The molecule has 0 fully saturated rings. The van der Waals surface area contributed by atoms with Gasteiger partial charge in [0.15, 0.2) is 5.78 Å². The van der Waals surface area contributed by atoms with E-state index in [0.717, 1.165) is 16.9 Å². The zero-order valence-corrected chi connectivity index (χ0v) is 11.2. The van der Waals surface area contributed by atoms with Crippen LogP contribution in [0.2, 0.25) is 0 Å². The maximum atomic E-state index is 12.1. The number of hydrogen-bond donors (Lipinski definition) is 0. The Balaban J connectivity index is 1.99. The Morgan fingerprint density at radius 1 is 1.06 bits per heavy atom. The Labute approximate surface area is 112 Å². The molecule has 0 saturated heterocycles. The van der Waals surface area contributed by atoms with Gasteiger partial charge in [0.05, 0.1) is 5.75 Å². The minimum Gasteiger partial charge on any atom is -0.293 e. The Morgan fingerprint density at radius 2 is 1.83 bits per heavy atom. The predicted molar refractivity (Wildman–Crippen MR) is 77.3 cm³/mol. The fourth-order valence-corrected chi connectivity index (χ4v) is 2.53. The van der Waals surface area contributed by atoms with E-state index in [0.29, 0.717) is 5.75 Å². The standard InChI is InChI=1S/C16H16OS/c1-2-13-7-6-8-14(11-13)16(17)12-18-15-9-4-3-5-10-15/h3-11H,2,12H2,1H3. The van der Waals surface area contributed by atoms with Gasteiger partial charge in [-0.2, -0.15) is 0 Å². The summed E-state index contributed by atoms with van der Waals surface area (Å²) in [5.41, 5.74) is 2.03. The number of rotatable bonds is 5. The molecule has 2 heteroatoms. The summed E-state index contributed by atoms with van der Waals surface area (Å²) >= 11 is 1.59. The molecule has 0 aliphatic rings. The van der Waals surface area contributed by atoms with Crippen molar-refractivity contribution in [2.75, 3.05) is 5.75 Å². The largest absolute Gasteiger partial charge is 0.293 e. The van der Waals surface area contributed by atoms with E-state index in [1.54, 1.807) is 11.8 Å². The van der Waals surface area contributed by atoms with Crippen molar-refractivity contribution in [3.63, 3.8) is 0 Å². The highest BCUT2D eigenvalue weighted by atomic mass is 32.2. The fourth-order valence-electron chi connectivity index (χ4n) is 1.71. The smallest absolute Gasteiger partial charge is 0.173 e. The molecular formula is C16H16OS. The third-order valence-corrected chi connectivity index (χ3v) is 3.78. The highest BCUT2D eigenvalue weighted by Crippen LogP contribution is 2.19. The highest BCUT2D eigenvalue weighted by Gasteiger charge is 2.06. The van der Waals surface area contributed by atoms with Crippen molar-refractivity contribution in [3.05, 3.63) is 65.7 Å². The van der Waals surface area contributed by atoms with Crippen molar-refractivity contribution < 1.29 is 4.79 Å². The van der Waals surface area contributed by atoms with E-state index in [1.165, 1.54) is 5.56 Å². The molecule has 0 N–H and O–H groups in total. The van der Waals surface area contributed by atoms with Crippen LogP contribution in [0.3, 0.4) is 0 Å². The van der Waals surface area contributed by atoms with E-state index in [4.69, 9.17) is 0 Å². The van der Waals surface area contributed by atoms with Crippen molar-refractivity contribution in [3.8, 4) is 0 Å². The Bertz CT molecular complexity index is 520. The van der Waals surface area contributed by atoms with E-state index in [9.17, 15) is 4.79 Å². The summed E-state index contributed by atoms with van der Waals surface area (Å²) in [6.07, 6.45) is 0.965. The second-order valence-electron chi connectivity index (χ2n) is 4.08. The number of aryl methyl sites for hydroxylation is 1. The molecule has 1 nitrogen and oxygen atoms in total. The Hall–Kier alpha value is -1.54. The quantitative estimate of drug-likeness (QED) is 0.588. The molecule has 0 saturated carbocycles. The van der Waals surface area contributed by atoms with Gasteiger partial charge >= 0.3 is 0 Å². The third kappa shape index (κ3) is 3.47. The van der Waals surface area contributed by atoms with E-state index in [-0.39, 0.29) is 5.78 Å². The first-order valence-electron chi connectivity index (χ1n) is 6.09. The molecule has 0 heterocycles. The first-order valence-corrected chi connectivity index (χ1v) is 7.08. The topological polar surface area (TPSA) is 17.1 Å². The van der Waals surface area contributed by atoms with Gasteiger partial charge in [-0.25, -0.2) is 0 Å². The molecule has 0 bridgehead atoms. The highest BCUT2D eigenvalue weighted by molar-refractivity contribution is 8.00. The maximum Gasteiger partial charge on any atom is 0.173 e. The summed E-state index contributed by atoms with van der Waals surface area (Å²) in [6.45, 7) is 2.10. The van der Waals surface area contributed by atoms with Gasteiger partial charge in [-0.05, 0) is 30.2 Å². The van der Waals surface area contributed by atoms with Gasteiger partial charge in [-0.3, -0.25) is 4.79 Å². The molecule has 2 aromatic rings. The van der Waals surface area contributed by atoms with Crippen LogP contribution in [0.1, 0.15) is 22.8 Å². The molecule has 0 atom stereocenters. The molecule has 2 rings (SSSR count). The van der Waals surface area contributed by atoms with Crippen molar-refractivity contribution in [1.82, 2.24) is 0 Å². The predicted octanol–water partition coefficient (Wildman–Crippen LogP) is 4.22. The third-order valence-electron chi connectivity index (χ3n) is 2.77. The van der Waals surface area contributed by atoms with Crippen LogP contribution in [-0.4, -0.2) is 11.5 Å². The summed E-state index contributed by atoms with van der Waals surface area (Å²) in [5, 5.41) is 0. The molecule has 0 spiro atoms. The van der Waals surface area contributed by atoms with Gasteiger partial charge < -0.3 is 0 Å². The first kappa shape index (κ1) is 12.9. The van der Waals surface area contributed by atoms with Crippen molar-refractivity contribution >= 4 is 17.5 Å². The van der Waals surface area contributed by atoms with Crippen LogP contribution in [0.4, 0.5) is 0 Å². The zero-order valence-electron chi connectivity index (χ0n) is 10.4. The summed E-state index contributed by atoms with van der Waals surface area (Å²) in [7, 11) is 0. The number of Topliss-reactive ketones (excluding diaryl/α,β-unsaturated/α-hetero) is 1. The first-order chi connectivity index (χ1) is 8.79. The summed E-state index contributed by atoms with van der Waals surface area (Å²) in [6, 6.07) is 17.9. The lowest BCUT2D eigenvalue weighted by atomic mass is 10.1. The van der Waals surface area contributed by atoms with Gasteiger partial charge in [0.2, 0.25) is 0 Å². The van der Waals surface area contributed by atoms with Crippen LogP contribution in [-0.2, 0) is 6.42 Å². The van der Waals surface area contributed by atoms with E-state index < -0.39 is 0 Å². The second kappa shape index (κ2) is 6.41. The van der Waals surface area contributed by atoms with Gasteiger partial charge in [-0.15, -0.1) is 11.8 Å². The van der Waals surface area contributed by atoms with Crippen LogP contribution in [0.25, 0.3) is 0 Å². The van der Waals surface area contributed by atoms with Gasteiger partial charge in [-0.1, -0.05) is 43.3 Å². The van der Waals surface area contributed by atoms with Gasteiger partial charge in [0.1, 0.15) is 0 Å². The molecule has 0 unspecified atom stereocenters. The van der Waals surface area contributed by atoms with Gasteiger partial charge in [0, 0.05) is 10.5 Å².